The Morgan fingerprint density at radius 3 is 2.56 bits per heavy atom. The van der Waals surface area contributed by atoms with E-state index in [0.29, 0.717) is 12.1 Å². The fourth-order valence-electron chi connectivity index (χ4n) is 4.04. The number of para-hydroxylation sites is 1. The topological polar surface area (TPSA) is 53.0 Å². The highest BCUT2D eigenvalue weighted by Gasteiger charge is 2.24. The summed E-state index contributed by atoms with van der Waals surface area (Å²) in [5.74, 6) is 0.294. The summed E-state index contributed by atoms with van der Waals surface area (Å²) in [6, 6.07) is 8.79. The van der Waals surface area contributed by atoms with Crippen LogP contribution < -0.4 is 4.74 Å². The van der Waals surface area contributed by atoms with E-state index in [1.807, 2.05) is 11.9 Å². The molecular formula is C20H30N2O3. The predicted octanol–water partition coefficient (Wildman–Crippen LogP) is 2.99. The van der Waals surface area contributed by atoms with Gasteiger partial charge in [0, 0.05) is 18.2 Å². The number of carboxylic acids is 1. The Kier molecular flexibility index (Phi) is 6.32. The van der Waals surface area contributed by atoms with Crippen molar-refractivity contribution in [2.75, 3.05) is 26.7 Å². The summed E-state index contributed by atoms with van der Waals surface area (Å²) in [6.45, 7) is 3.06. The SMILES string of the molecule is CN(CC(=O)O)C1CCN(Cc2ccccc2OC2CCCC2)CC1. The summed E-state index contributed by atoms with van der Waals surface area (Å²) in [4.78, 5) is 15.3. The van der Waals surface area contributed by atoms with E-state index in [4.69, 9.17) is 9.84 Å². The van der Waals surface area contributed by atoms with Crippen LogP contribution in [0.15, 0.2) is 24.3 Å². The summed E-state index contributed by atoms with van der Waals surface area (Å²) in [7, 11) is 1.92. The second-order valence-electron chi connectivity index (χ2n) is 7.45. The fourth-order valence-corrected chi connectivity index (χ4v) is 4.04. The number of hydrogen-bond acceptors (Lipinski definition) is 4. The second-order valence-corrected chi connectivity index (χ2v) is 7.45. The fraction of sp³-hybridized carbons (Fsp3) is 0.650. The van der Waals surface area contributed by atoms with Crippen LogP contribution in [0.3, 0.4) is 0 Å². The van der Waals surface area contributed by atoms with E-state index < -0.39 is 5.97 Å². The quantitative estimate of drug-likeness (QED) is 0.822. The first kappa shape index (κ1) is 18.2. The van der Waals surface area contributed by atoms with Gasteiger partial charge in [-0.15, -0.1) is 0 Å². The van der Waals surface area contributed by atoms with Crippen LogP contribution in [0.1, 0.15) is 44.1 Å². The highest BCUT2D eigenvalue weighted by Crippen LogP contribution is 2.28. The van der Waals surface area contributed by atoms with Gasteiger partial charge in [0.2, 0.25) is 0 Å². The van der Waals surface area contributed by atoms with Crippen molar-refractivity contribution in [3.05, 3.63) is 29.8 Å². The average molecular weight is 346 g/mol. The number of likely N-dealkylation sites (N-methyl/N-ethyl adjacent to an activating group) is 1. The standard InChI is InChI=1S/C20H30N2O3/c1-21(15-20(23)24)17-10-12-22(13-11-17)14-16-6-2-5-9-19(16)25-18-7-3-4-8-18/h2,5-6,9,17-18H,3-4,7-8,10-15H2,1H3,(H,23,24). The number of likely N-dealkylation sites (tertiary alicyclic amines) is 1. The minimum atomic E-state index is -0.747. The molecule has 2 aliphatic rings. The Hall–Kier alpha value is -1.59. The average Bonchev–Trinajstić information content (AvgIpc) is 3.10. The number of hydrogen-bond donors (Lipinski definition) is 1. The number of ether oxygens (including phenoxy) is 1. The first-order valence-electron chi connectivity index (χ1n) is 9.51. The van der Waals surface area contributed by atoms with Crippen LogP contribution in [0.2, 0.25) is 0 Å². The molecule has 1 N–H and O–H groups in total. The summed E-state index contributed by atoms with van der Waals surface area (Å²) in [5.41, 5.74) is 1.27. The maximum atomic E-state index is 10.9. The molecule has 5 heteroatoms. The molecule has 3 rings (SSSR count). The minimum Gasteiger partial charge on any atom is -0.490 e. The third-order valence-corrected chi connectivity index (χ3v) is 5.53. The van der Waals surface area contributed by atoms with Crippen molar-refractivity contribution in [3.8, 4) is 5.75 Å². The van der Waals surface area contributed by atoms with Crippen molar-refractivity contribution >= 4 is 5.97 Å². The Labute approximate surface area is 150 Å². The van der Waals surface area contributed by atoms with Crippen molar-refractivity contribution in [2.24, 2.45) is 0 Å². The van der Waals surface area contributed by atoms with Crippen LogP contribution in [0, 0.1) is 0 Å². The lowest BCUT2D eigenvalue weighted by Gasteiger charge is -2.36. The van der Waals surface area contributed by atoms with Crippen LogP contribution in [0.25, 0.3) is 0 Å². The third kappa shape index (κ3) is 5.19. The lowest BCUT2D eigenvalue weighted by atomic mass is 10.0. The molecule has 0 radical (unpaired) electrons. The van der Waals surface area contributed by atoms with Gasteiger partial charge in [-0.1, -0.05) is 18.2 Å². The van der Waals surface area contributed by atoms with Gasteiger partial charge in [0.1, 0.15) is 5.75 Å². The lowest BCUT2D eigenvalue weighted by molar-refractivity contribution is -0.138. The molecule has 1 heterocycles. The molecule has 25 heavy (non-hydrogen) atoms. The van der Waals surface area contributed by atoms with Crippen LogP contribution >= 0.6 is 0 Å². The summed E-state index contributed by atoms with van der Waals surface area (Å²) < 4.78 is 6.25. The van der Waals surface area contributed by atoms with Crippen molar-refractivity contribution in [3.63, 3.8) is 0 Å². The van der Waals surface area contributed by atoms with E-state index in [9.17, 15) is 4.79 Å². The van der Waals surface area contributed by atoms with E-state index in [-0.39, 0.29) is 6.54 Å². The van der Waals surface area contributed by atoms with Gasteiger partial charge >= 0.3 is 5.97 Å². The Morgan fingerprint density at radius 2 is 1.88 bits per heavy atom. The molecule has 2 fully saturated rings. The molecule has 1 aromatic carbocycles. The van der Waals surface area contributed by atoms with Gasteiger partial charge in [-0.3, -0.25) is 14.6 Å². The zero-order valence-corrected chi connectivity index (χ0v) is 15.2. The molecule has 0 bridgehead atoms. The molecule has 1 saturated carbocycles. The summed E-state index contributed by atoms with van der Waals surface area (Å²) in [5, 5.41) is 8.94. The first-order valence-corrected chi connectivity index (χ1v) is 9.51. The Morgan fingerprint density at radius 1 is 1.20 bits per heavy atom. The van der Waals surface area contributed by atoms with E-state index >= 15 is 0 Å². The maximum absolute atomic E-state index is 10.9. The van der Waals surface area contributed by atoms with E-state index in [0.717, 1.165) is 38.2 Å². The number of benzene rings is 1. The number of carboxylic acid groups (broad SMARTS) is 1. The van der Waals surface area contributed by atoms with E-state index in [2.05, 4.69) is 29.2 Å². The van der Waals surface area contributed by atoms with Crippen LogP contribution in [-0.4, -0.2) is 59.7 Å². The van der Waals surface area contributed by atoms with Gasteiger partial charge < -0.3 is 9.84 Å². The lowest BCUT2D eigenvalue weighted by Crippen LogP contribution is -2.44. The maximum Gasteiger partial charge on any atom is 0.317 e. The molecular weight excluding hydrogens is 316 g/mol. The highest BCUT2D eigenvalue weighted by molar-refractivity contribution is 5.69. The molecule has 138 valence electrons. The highest BCUT2D eigenvalue weighted by atomic mass is 16.5. The number of carbonyl (C=O) groups is 1. The largest absolute Gasteiger partial charge is 0.490 e. The third-order valence-electron chi connectivity index (χ3n) is 5.53. The van der Waals surface area contributed by atoms with Crippen LogP contribution in [0.5, 0.6) is 5.75 Å². The second kappa shape index (κ2) is 8.68. The molecule has 0 unspecified atom stereocenters. The van der Waals surface area contributed by atoms with Gasteiger partial charge in [0.15, 0.2) is 0 Å². The van der Waals surface area contributed by atoms with Crippen molar-refractivity contribution in [2.45, 2.75) is 57.2 Å². The van der Waals surface area contributed by atoms with Crippen molar-refractivity contribution in [1.82, 2.24) is 9.80 Å². The van der Waals surface area contributed by atoms with Gasteiger partial charge in [0.05, 0.1) is 12.6 Å². The monoisotopic (exact) mass is 346 g/mol. The molecule has 1 aliphatic heterocycles. The predicted molar refractivity (Wildman–Crippen MR) is 97.9 cm³/mol. The van der Waals surface area contributed by atoms with Gasteiger partial charge in [-0.25, -0.2) is 0 Å². The number of aliphatic carboxylic acids is 1. The van der Waals surface area contributed by atoms with E-state index in [1.165, 1.54) is 31.2 Å². The van der Waals surface area contributed by atoms with Gasteiger partial charge in [-0.2, -0.15) is 0 Å². The van der Waals surface area contributed by atoms with Crippen molar-refractivity contribution < 1.29 is 14.6 Å². The summed E-state index contributed by atoms with van der Waals surface area (Å²) in [6.07, 6.45) is 7.35. The molecule has 0 aromatic heterocycles. The number of nitrogens with zero attached hydrogens (tertiary/aromatic N) is 2. The molecule has 0 atom stereocenters. The van der Waals surface area contributed by atoms with Crippen molar-refractivity contribution in [1.29, 1.82) is 0 Å². The van der Waals surface area contributed by atoms with Crippen LogP contribution in [0.4, 0.5) is 0 Å². The molecule has 1 saturated heterocycles. The normalized spacial score (nSPS) is 20.2. The van der Waals surface area contributed by atoms with E-state index in [1.54, 1.807) is 0 Å². The molecule has 1 aromatic rings. The molecule has 5 nitrogen and oxygen atoms in total. The Bertz CT molecular complexity index is 564. The molecule has 0 amide bonds. The van der Waals surface area contributed by atoms with Gasteiger partial charge in [0.25, 0.3) is 0 Å². The molecule has 0 spiro atoms. The smallest absolute Gasteiger partial charge is 0.317 e. The van der Waals surface area contributed by atoms with Crippen LogP contribution in [-0.2, 0) is 11.3 Å². The summed E-state index contributed by atoms with van der Waals surface area (Å²) >= 11 is 0. The number of piperidine rings is 1. The Balaban J connectivity index is 1.52. The first-order chi connectivity index (χ1) is 12.1. The zero-order chi connectivity index (χ0) is 17.6. The zero-order valence-electron chi connectivity index (χ0n) is 15.2. The number of rotatable bonds is 7. The molecule has 1 aliphatic carbocycles. The minimum absolute atomic E-state index is 0.128. The van der Waals surface area contributed by atoms with Gasteiger partial charge in [-0.05, 0) is 64.7 Å².